The molecule has 0 spiro atoms. The minimum atomic E-state index is -0.483. The third-order valence-electron chi connectivity index (χ3n) is 9.18. The second-order valence-corrected chi connectivity index (χ2v) is 12.2. The van der Waals surface area contributed by atoms with Crippen molar-refractivity contribution in [3.05, 3.63) is 117 Å². The molecule has 49 heavy (non-hydrogen) atoms. The summed E-state index contributed by atoms with van der Waals surface area (Å²) in [7, 11) is 0. The van der Waals surface area contributed by atoms with Crippen molar-refractivity contribution in [1.82, 2.24) is 35.1 Å². The van der Waals surface area contributed by atoms with Crippen molar-refractivity contribution in [2.75, 3.05) is 19.8 Å². The molecule has 0 unspecified atom stereocenters. The first-order valence-electron chi connectivity index (χ1n) is 15.9. The monoisotopic (exact) mass is 662 g/mol. The molecule has 0 fully saturated rings. The molecular formula is C35H34N8O6. The summed E-state index contributed by atoms with van der Waals surface area (Å²) in [4.78, 5) is 62.1. The molecule has 2 aromatic carbocycles. The van der Waals surface area contributed by atoms with Crippen LogP contribution in [-0.4, -0.2) is 68.0 Å². The minimum Gasteiger partial charge on any atom is -0.458 e. The van der Waals surface area contributed by atoms with Gasteiger partial charge >= 0.3 is 11.9 Å². The van der Waals surface area contributed by atoms with Gasteiger partial charge in [-0.3, -0.25) is 9.59 Å². The molecule has 1 atom stereocenters. The first-order valence-corrected chi connectivity index (χ1v) is 15.9. The first-order chi connectivity index (χ1) is 23.7. The van der Waals surface area contributed by atoms with Gasteiger partial charge in [-0.25, -0.2) is 14.6 Å². The fourth-order valence-electron chi connectivity index (χ4n) is 6.71. The van der Waals surface area contributed by atoms with Gasteiger partial charge in [0, 0.05) is 25.7 Å². The Balaban J connectivity index is 1.05. The minimum absolute atomic E-state index is 0.0160. The molecule has 250 valence electrons. The van der Waals surface area contributed by atoms with Gasteiger partial charge in [0.05, 0.1) is 17.3 Å². The highest BCUT2D eigenvalue weighted by Crippen LogP contribution is 2.35. The number of cyclic esters (lactones) is 1. The average Bonchev–Trinajstić information content (AvgIpc) is 3.84. The van der Waals surface area contributed by atoms with Gasteiger partial charge in [-0.2, -0.15) is 14.6 Å². The Kier molecular flexibility index (Phi) is 8.28. The molecule has 2 aliphatic heterocycles. The number of nitrogens with two attached hydrogens (primary N) is 1. The van der Waals surface area contributed by atoms with E-state index in [1.165, 1.54) is 23.0 Å². The SMILES string of the molecule is C=CCOC(=O)c1ccc2c(c1C)CC[C@@H]2NC(=O)c1cc(C(=O)NCc2ccc3c(c2)CN(C2=C(N)COC2=O)CC3)nc2ncnn12. The van der Waals surface area contributed by atoms with Crippen LogP contribution in [0.2, 0.25) is 0 Å². The number of ether oxygens (including phenoxy) is 2. The highest BCUT2D eigenvalue weighted by atomic mass is 16.5. The molecule has 14 nitrogen and oxygen atoms in total. The summed E-state index contributed by atoms with van der Waals surface area (Å²) in [6, 6.07) is 10.6. The number of carbonyl (C=O) groups is 4. The van der Waals surface area contributed by atoms with Crippen molar-refractivity contribution in [2.45, 2.75) is 45.3 Å². The zero-order valence-corrected chi connectivity index (χ0v) is 26.8. The predicted molar refractivity (Wildman–Crippen MR) is 175 cm³/mol. The van der Waals surface area contributed by atoms with E-state index in [-0.39, 0.29) is 43.0 Å². The second kappa shape index (κ2) is 12.9. The maximum atomic E-state index is 13.7. The molecule has 14 heteroatoms. The van der Waals surface area contributed by atoms with Crippen molar-refractivity contribution in [3.8, 4) is 0 Å². The maximum absolute atomic E-state index is 13.7. The van der Waals surface area contributed by atoms with E-state index in [1.54, 1.807) is 6.07 Å². The molecule has 4 aromatic rings. The highest BCUT2D eigenvalue weighted by molar-refractivity contribution is 5.98. The normalized spacial score (nSPS) is 16.6. The van der Waals surface area contributed by atoms with Crippen LogP contribution in [0.15, 0.2) is 66.8 Å². The fourth-order valence-corrected chi connectivity index (χ4v) is 6.71. The lowest BCUT2D eigenvalue weighted by atomic mass is 9.97. The van der Waals surface area contributed by atoms with Crippen molar-refractivity contribution >= 4 is 29.5 Å². The number of hydrogen-bond acceptors (Lipinski definition) is 11. The zero-order valence-electron chi connectivity index (χ0n) is 26.8. The number of amides is 2. The van der Waals surface area contributed by atoms with Gasteiger partial charge in [-0.15, -0.1) is 0 Å². The molecule has 0 bridgehead atoms. The second-order valence-electron chi connectivity index (χ2n) is 12.2. The van der Waals surface area contributed by atoms with Crippen LogP contribution in [0.3, 0.4) is 0 Å². The maximum Gasteiger partial charge on any atom is 0.356 e. The van der Waals surface area contributed by atoms with Crippen molar-refractivity contribution in [2.24, 2.45) is 5.73 Å². The number of nitrogens with zero attached hydrogens (tertiary/aromatic N) is 5. The lowest BCUT2D eigenvalue weighted by Crippen LogP contribution is -2.33. The quantitative estimate of drug-likeness (QED) is 0.176. The largest absolute Gasteiger partial charge is 0.458 e. The Hall–Kier alpha value is -6.05. The molecule has 0 saturated heterocycles. The smallest absolute Gasteiger partial charge is 0.356 e. The third kappa shape index (κ3) is 5.96. The van der Waals surface area contributed by atoms with E-state index in [0.717, 1.165) is 39.8 Å². The molecule has 1 aliphatic carbocycles. The zero-order chi connectivity index (χ0) is 34.2. The van der Waals surface area contributed by atoms with Crippen LogP contribution < -0.4 is 16.4 Å². The van der Waals surface area contributed by atoms with Crippen LogP contribution in [0.5, 0.6) is 0 Å². The van der Waals surface area contributed by atoms with Crippen LogP contribution in [0.4, 0.5) is 0 Å². The van der Waals surface area contributed by atoms with Crippen LogP contribution in [0, 0.1) is 6.92 Å². The van der Waals surface area contributed by atoms with E-state index in [9.17, 15) is 19.2 Å². The Bertz CT molecular complexity index is 2090. The van der Waals surface area contributed by atoms with Gasteiger partial charge in [0.25, 0.3) is 17.6 Å². The van der Waals surface area contributed by atoms with Crippen molar-refractivity contribution in [3.63, 3.8) is 0 Å². The van der Waals surface area contributed by atoms with Crippen molar-refractivity contribution < 1.29 is 28.7 Å². The number of esters is 2. The summed E-state index contributed by atoms with van der Waals surface area (Å²) in [5, 5.41) is 10.1. The van der Waals surface area contributed by atoms with E-state index >= 15 is 0 Å². The van der Waals surface area contributed by atoms with Crippen LogP contribution in [0.1, 0.15) is 77.2 Å². The molecule has 4 heterocycles. The van der Waals surface area contributed by atoms with E-state index in [4.69, 9.17) is 15.2 Å². The molecule has 0 saturated carbocycles. The summed E-state index contributed by atoms with van der Waals surface area (Å²) < 4.78 is 11.6. The summed E-state index contributed by atoms with van der Waals surface area (Å²) in [5.41, 5.74) is 13.3. The van der Waals surface area contributed by atoms with E-state index in [2.05, 4.69) is 32.3 Å². The summed E-state index contributed by atoms with van der Waals surface area (Å²) >= 11 is 0. The van der Waals surface area contributed by atoms with E-state index in [1.807, 2.05) is 36.1 Å². The van der Waals surface area contributed by atoms with E-state index < -0.39 is 23.8 Å². The molecule has 2 aromatic heterocycles. The van der Waals surface area contributed by atoms with Gasteiger partial charge in [0.15, 0.2) is 0 Å². The number of hydrogen-bond donors (Lipinski definition) is 3. The number of fused-ring (bicyclic) bond motifs is 3. The summed E-state index contributed by atoms with van der Waals surface area (Å²) in [6.07, 6.45) is 4.85. The predicted octanol–water partition coefficient (Wildman–Crippen LogP) is 2.21. The third-order valence-corrected chi connectivity index (χ3v) is 9.18. The van der Waals surface area contributed by atoms with Crippen LogP contribution in [-0.2, 0) is 40.2 Å². The summed E-state index contributed by atoms with van der Waals surface area (Å²) in [5.74, 6) is -1.65. The van der Waals surface area contributed by atoms with Gasteiger partial charge in [-0.1, -0.05) is 36.9 Å². The average molecular weight is 663 g/mol. The Morgan fingerprint density at radius 2 is 2.00 bits per heavy atom. The van der Waals surface area contributed by atoms with E-state index in [0.29, 0.717) is 42.9 Å². The van der Waals surface area contributed by atoms with Gasteiger partial charge in [0.1, 0.15) is 36.6 Å². The lowest BCUT2D eigenvalue weighted by molar-refractivity contribution is -0.137. The first kappa shape index (κ1) is 31.5. The topological polar surface area (TPSA) is 183 Å². The molecule has 0 radical (unpaired) electrons. The molecule has 7 rings (SSSR count). The number of aromatic nitrogens is 4. The molecule has 3 aliphatic rings. The van der Waals surface area contributed by atoms with Gasteiger partial charge in [-0.05, 0) is 65.6 Å². The standard InChI is InChI=1S/C35H34N8O6/c1-3-12-48-33(46)24-6-7-25-23(19(24)2)8-9-27(25)40-32(45)29-14-28(41-35-38-18-39-43(29)35)31(44)37-15-20-4-5-21-10-11-42(16-22(21)13-20)30-26(36)17-49-34(30)47/h3-7,13-14,18,27H,1,8-12,15-17,36H2,2H3,(H,37,44)(H,40,45)/t27-/m0/s1. The number of benzene rings is 2. The Morgan fingerprint density at radius 1 is 1.14 bits per heavy atom. The molecular weight excluding hydrogens is 628 g/mol. The fraction of sp³-hybridized carbons (Fsp3) is 0.286. The van der Waals surface area contributed by atoms with Crippen LogP contribution >= 0.6 is 0 Å². The summed E-state index contributed by atoms with van der Waals surface area (Å²) in [6.45, 7) is 7.05. The van der Waals surface area contributed by atoms with Crippen LogP contribution in [0.25, 0.3) is 5.78 Å². The van der Waals surface area contributed by atoms with Crippen molar-refractivity contribution in [1.29, 1.82) is 0 Å². The highest BCUT2D eigenvalue weighted by Gasteiger charge is 2.31. The molecule has 2 amide bonds. The number of rotatable bonds is 9. The van der Waals surface area contributed by atoms with Gasteiger partial charge < -0.3 is 30.7 Å². The lowest BCUT2D eigenvalue weighted by Gasteiger charge is -2.30. The Morgan fingerprint density at radius 3 is 2.80 bits per heavy atom. The Labute approximate surface area is 281 Å². The molecule has 4 N–H and O–H groups in total. The number of nitrogens with one attached hydrogen (secondary N) is 2. The number of carbonyl (C=O) groups excluding carboxylic acids is 4. The van der Waals surface area contributed by atoms with Gasteiger partial charge in [0.2, 0.25) is 0 Å².